The number of hydrogen-bond acceptors (Lipinski definition) is 44. The van der Waals surface area contributed by atoms with Crippen LogP contribution in [0.3, 0.4) is 0 Å². The minimum absolute atomic E-state index is 0.387. The van der Waals surface area contributed by atoms with Gasteiger partial charge in [0.25, 0.3) is 0 Å². The maximum Gasteiger partial charge on any atom is 0.303 e. The van der Waals surface area contributed by atoms with Crippen molar-refractivity contribution >= 4 is 101 Å². The highest BCUT2D eigenvalue weighted by Crippen LogP contribution is 2.36. The molecule has 3 heterocycles. The molecule has 0 aromatic carbocycles. The lowest BCUT2D eigenvalue weighted by Gasteiger charge is -2.46. The second-order valence-corrected chi connectivity index (χ2v) is 25.2. The molecule has 3 fully saturated rings. The third-order valence-electron chi connectivity index (χ3n) is 15.2. The van der Waals surface area contributed by atoms with E-state index in [1.807, 2.05) is 0 Å². The molecule has 1 amide bonds. The summed E-state index contributed by atoms with van der Waals surface area (Å²) in [6.07, 6.45) is -45.4. The first kappa shape index (κ1) is 98.7. The maximum atomic E-state index is 13.8. The topological polar surface area (TPSA) is 562 Å². The number of carbonyl (C=O) groups excluding carboxylic acids is 17. The van der Waals surface area contributed by atoms with Gasteiger partial charge in [0, 0.05) is 124 Å². The normalized spacial score (nSPS) is 24.8. The molecule has 45 heteroatoms. The summed E-state index contributed by atoms with van der Waals surface area (Å²) in [5, 5.41) is 15.4. The van der Waals surface area contributed by atoms with E-state index >= 15 is 0 Å². The molecule has 646 valence electrons. The van der Waals surface area contributed by atoms with Crippen LogP contribution < -0.4 is 5.32 Å². The number of carbonyl (C=O) groups is 17. The standard InChI is InChI=1S/C69H101NO44/c1-30(99-37(8)77)66(92-23-21-89-32(3)72)113-58-52(28-96-36(7)76)110-68(63(108-46(17)86)61(58)106-44(15)84)91-20-19-49(100-38(9)78)55(62(107-45(16)85)65(88)112-56-50(26-94-34(5)74)97-25-48(70-31(2)71)54(56)102-40(11)80)114-67(93-24-22-90-33(4)73)59(104-42(13)82)53(101-39(10)79)29-98-69-64(109-47(18)87)60(105-43(14)83)57(103-41(12)81)51(111-69)27-95-35(6)75/h30,48-69,88H,19-29H2,1-18H3,(H,70,71)/t30?,48?,49-,50?,51?,52?,53?,54?,55?,56-,57+,58-,59?,60?,61?,62?,63?,64?,65+,66+,67-,68+,69-/m1/s1. The lowest BCUT2D eigenvalue weighted by atomic mass is 9.97. The van der Waals surface area contributed by atoms with Crippen molar-refractivity contribution in [1.29, 1.82) is 0 Å². The quantitative estimate of drug-likeness (QED) is 0.0288. The van der Waals surface area contributed by atoms with E-state index in [9.17, 15) is 86.6 Å². The Kier molecular flexibility index (Phi) is 42.7. The summed E-state index contributed by atoms with van der Waals surface area (Å²) in [5.74, 6) is -17.6. The molecule has 114 heavy (non-hydrogen) atoms. The van der Waals surface area contributed by atoms with Gasteiger partial charge in [-0.2, -0.15) is 0 Å². The summed E-state index contributed by atoms with van der Waals surface area (Å²) < 4.78 is 150. The van der Waals surface area contributed by atoms with Gasteiger partial charge >= 0.3 is 95.5 Å². The van der Waals surface area contributed by atoms with Crippen molar-refractivity contribution in [3.63, 3.8) is 0 Å². The Hall–Kier alpha value is -9.45. The molecule has 0 aromatic rings. The number of ether oxygens (including phenoxy) is 26. The van der Waals surface area contributed by atoms with Crippen LogP contribution in [-0.2, 0) is 205 Å². The van der Waals surface area contributed by atoms with Crippen molar-refractivity contribution < 1.29 is 210 Å². The van der Waals surface area contributed by atoms with Gasteiger partial charge in [0.15, 0.2) is 86.4 Å². The van der Waals surface area contributed by atoms with Gasteiger partial charge in [-0.3, -0.25) is 81.5 Å². The summed E-state index contributed by atoms with van der Waals surface area (Å²) in [4.78, 5) is 219. The molecule has 3 saturated heterocycles. The highest BCUT2D eigenvalue weighted by Gasteiger charge is 2.57. The van der Waals surface area contributed by atoms with Crippen LogP contribution in [0.15, 0.2) is 0 Å². The fourth-order valence-corrected chi connectivity index (χ4v) is 11.4. The van der Waals surface area contributed by atoms with Gasteiger partial charge in [-0.05, 0) is 6.92 Å². The molecule has 3 aliphatic heterocycles. The first-order chi connectivity index (χ1) is 53.4. The number of aliphatic hydroxyl groups excluding tert-OH is 1. The fraction of sp³-hybridized carbons (Fsp3) is 0.754. The first-order valence-corrected chi connectivity index (χ1v) is 35.2. The zero-order chi connectivity index (χ0) is 86.0. The third-order valence-corrected chi connectivity index (χ3v) is 15.2. The molecule has 0 saturated carbocycles. The van der Waals surface area contributed by atoms with E-state index in [1.165, 1.54) is 6.92 Å². The largest absolute Gasteiger partial charge is 0.463 e. The third kappa shape index (κ3) is 35.9. The summed E-state index contributed by atoms with van der Waals surface area (Å²) in [5.41, 5.74) is 0. The minimum atomic E-state index is -2.82. The Morgan fingerprint density at radius 3 is 1.19 bits per heavy atom. The smallest absolute Gasteiger partial charge is 0.303 e. The van der Waals surface area contributed by atoms with E-state index in [2.05, 4.69) is 5.32 Å². The van der Waals surface area contributed by atoms with E-state index in [-0.39, 0.29) is 6.61 Å². The summed E-state index contributed by atoms with van der Waals surface area (Å²) in [6, 6.07) is -1.36. The van der Waals surface area contributed by atoms with E-state index < -0.39 is 309 Å². The molecule has 2 N–H and O–H groups in total. The van der Waals surface area contributed by atoms with Gasteiger partial charge in [-0.1, -0.05) is 0 Å². The van der Waals surface area contributed by atoms with Crippen LogP contribution in [0.25, 0.3) is 0 Å². The zero-order valence-corrected chi connectivity index (χ0v) is 66.1. The van der Waals surface area contributed by atoms with E-state index in [4.69, 9.17) is 123 Å². The van der Waals surface area contributed by atoms with Gasteiger partial charge < -0.3 is 134 Å². The number of rotatable bonds is 45. The van der Waals surface area contributed by atoms with E-state index in [0.717, 1.165) is 118 Å². The Labute approximate surface area is 653 Å². The second-order valence-electron chi connectivity index (χ2n) is 25.2. The SMILES string of the molecule is CC(=O)NC1COC(COC(C)=O)[C@@H](O[C@H](O)C(OC(C)=O)C(O[C@@H](OCCOC(C)=O)C(OC(C)=O)C(CO[C@@H]2OC(COC(C)=O)[C@H](OC(C)=O)C(OC(C)=O)C2OC(C)=O)OC(C)=O)[C@@H](CCO[C@H]2OC(COC(C)=O)[C@@H](O[C@H](OCCOC(C)=O)C(C)OC(C)=O)C(OC(C)=O)C2OC(C)=O)OC(C)=O)C1OC(C)=O. The van der Waals surface area contributed by atoms with Crippen LogP contribution in [0.1, 0.15) is 131 Å². The molecule has 0 spiro atoms. The Morgan fingerprint density at radius 1 is 0.360 bits per heavy atom. The molecule has 3 aliphatic rings. The molecule has 23 atom stereocenters. The van der Waals surface area contributed by atoms with Crippen LogP contribution in [0.4, 0.5) is 0 Å². The minimum Gasteiger partial charge on any atom is -0.463 e. The van der Waals surface area contributed by atoms with Gasteiger partial charge in [-0.15, -0.1) is 0 Å². The van der Waals surface area contributed by atoms with Crippen molar-refractivity contribution in [3.05, 3.63) is 0 Å². The van der Waals surface area contributed by atoms with Crippen molar-refractivity contribution in [2.24, 2.45) is 0 Å². The van der Waals surface area contributed by atoms with Gasteiger partial charge in [-0.25, -0.2) is 0 Å². The monoisotopic (exact) mass is 1650 g/mol. The highest BCUT2D eigenvalue weighted by molar-refractivity contribution is 5.74. The van der Waals surface area contributed by atoms with Crippen molar-refractivity contribution in [2.45, 2.75) is 272 Å². The van der Waals surface area contributed by atoms with Crippen LogP contribution in [0.5, 0.6) is 0 Å². The van der Waals surface area contributed by atoms with Gasteiger partial charge in [0.2, 0.25) is 5.91 Å². The van der Waals surface area contributed by atoms with Crippen LogP contribution >= 0.6 is 0 Å². The Bertz CT molecular complexity index is 3270. The molecule has 14 unspecified atom stereocenters. The van der Waals surface area contributed by atoms with Gasteiger partial charge in [0.05, 0.1) is 39.1 Å². The fourth-order valence-electron chi connectivity index (χ4n) is 11.4. The lowest BCUT2D eigenvalue weighted by molar-refractivity contribution is -0.337. The zero-order valence-electron chi connectivity index (χ0n) is 66.1. The number of esters is 16. The molecular weight excluding hydrogens is 1550 g/mol. The average Bonchev–Trinajstić information content (AvgIpc) is 0.791. The van der Waals surface area contributed by atoms with E-state index in [1.54, 1.807) is 0 Å². The predicted octanol–water partition coefficient (Wildman–Crippen LogP) is -1.99. The Balaban J connectivity index is 2.59. The lowest BCUT2D eigenvalue weighted by Crippen LogP contribution is -2.64. The molecule has 45 nitrogen and oxygen atoms in total. The molecule has 0 aliphatic carbocycles. The molecule has 3 rings (SSSR count). The van der Waals surface area contributed by atoms with Crippen LogP contribution in [0.2, 0.25) is 0 Å². The number of amides is 1. The number of aliphatic hydroxyl groups is 1. The highest BCUT2D eigenvalue weighted by atomic mass is 16.8. The molecule has 0 aromatic heterocycles. The summed E-state index contributed by atoms with van der Waals surface area (Å²) >= 11 is 0. The second kappa shape index (κ2) is 49.3. The van der Waals surface area contributed by atoms with Crippen molar-refractivity contribution in [3.8, 4) is 0 Å². The summed E-state index contributed by atoms with van der Waals surface area (Å²) in [6.45, 7) is 9.80. The number of nitrogens with one attached hydrogen (secondary N) is 1. The Morgan fingerprint density at radius 2 is 0.746 bits per heavy atom. The number of hydrogen-bond donors (Lipinski definition) is 2. The average molecular weight is 1650 g/mol. The maximum absolute atomic E-state index is 13.8. The van der Waals surface area contributed by atoms with Gasteiger partial charge in [0.1, 0.15) is 81.9 Å². The summed E-state index contributed by atoms with van der Waals surface area (Å²) in [7, 11) is 0. The molecule has 0 bridgehead atoms. The molecular formula is C69H101NO44. The first-order valence-electron chi connectivity index (χ1n) is 35.2. The molecule has 0 radical (unpaired) electrons. The van der Waals surface area contributed by atoms with Crippen LogP contribution in [-0.4, -0.2) is 314 Å². The predicted molar refractivity (Wildman–Crippen MR) is 361 cm³/mol. The van der Waals surface area contributed by atoms with Crippen molar-refractivity contribution in [1.82, 2.24) is 5.32 Å². The van der Waals surface area contributed by atoms with Crippen LogP contribution in [0, 0.1) is 0 Å². The van der Waals surface area contributed by atoms with Crippen molar-refractivity contribution in [2.75, 3.05) is 66.1 Å². The van der Waals surface area contributed by atoms with E-state index in [0.29, 0.717) is 0 Å².